The number of rotatable bonds is 7. The average Bonchev–Trinajstić information content (AvgIpc) is 2.87. The predicted octanol–water partition coefficient (Wildman–Crippen LogP) is 1.39. The summed E-state index contributed by atoms with van der Waals surface area (Å²) in [6.45, 7) is 1.82. The number of carbonyl (C=O) groups excluding carboxylic acids is 3. The molecule has 1 rings (SSSR count). The molecule has 1 amide bonds. The molecule has 0 aliphatic heterocycles. The van der Waals surface area contributed by atoms with E-state index in [1.54, 1.807) is 19.1 Å². The Morgan fingerprint density at radius 1 is 1.33 bits per heavy atom. The van der Waals surface area contributed by atoms with Gasteiger partial charge in [0.05, 0.1) is 11.5 Å². The van der Waals surface area contributed by atoms with Gasteiger partial charge >= 0.3 is 5.97 Å². The van der Waals surface area contributed by atoms with Crippen LogP contribution in [-0.2, 0) is 14.3 Å². The van der Waals surface area contributed by atoms with Crippen molar-refractivity contribution in [2.75, 3.05) is 13.2 Å². The fourth-order valence-electron chi connectivity index (χ4n) is 1.26. The van der Waals surface area contributed by atoms with Gasteiger partial charge in [-0.3, -0.25) is 14.4 Å². The third kappa shape index (κ3) is 5.09. The number of esters is 1. The molecule has 0 aliphatic rings. The first kappa shape index (κ1) is 14.4. The standard InChI is InChI=1S/C12H15NO4S/c1-2-17-12(16)8-13-11(15)6-5-9(14)10-4-3-7-18-10/h3-4,7H,2,5-6,8H2,1H3,(H,13,15). The molecular formula is C12H15NO4S. The molecule has 0 atom stereocenters. The highest BCUT2D eigenvalue weighted by Gasteiger charge is 2.11. The summed E-state index contributed by atoms with van der Waals surface area (Å²) in [7, 11) is 0. The minimum Gasteiger partial charge on any atom is -0.465 e. The Labute approximate surface area is 109 Å². The Kier molecular flexibility index (Phi) is 6.07. The lowest BCUT2D eigenvalue weighted by molar-refractivity contribution is -0.143. The minimum absolute atomic E-state index is 0.0590. The second kappa shape index (κ2) is 7.60. The van der Waals surface area contributed by atoms with Crippen molar-refractivity contribution >= 4 is 29.0 Å². The van der Waals surface area contributed by atoms with Crippen molar-refractivity contribution in [2.45, 2.75) is 19.8 Å². The number of ether oxygens (including phenoxy) is 1. The molecule has 0 saturated heterocycles. The van der Waals surface area contributed by atoms with E-state index in [0.717, 1.165) is 0 Å². The normalized spacial score (nSPS) is 9.83. The number of Topliss-reactive ketones (excluding diaryl/α,β-unsaturated/α-hetero) is 1. The second-order valence-electron chi connectivity index (χ2n) is 3.48. The molecule has 18 heavy (non-hydrogen) atoms. The van der Waals surface area contributed by atoms with Crippen LogP contribution >= 0.6 is 11.3 Å². The summed E-state index contributed by atoms with van der Waals surface area (Å²) in [5, 5.41) is 4.22. The summed E-state index contributed by atoms with van der Waals surface area (Å²) in [6, 6.07) is 3.52. The van der Waals surface area contributed by atoms with Gasteiger partial charge in [-0.15, -0.1) is 11.3 Å². The van der Waals surface area contributed by atoms with E-state index in [1.807, 2.05) is 5.38 Å². The zero-order valence-electron chi connectivity index (χ0n) is 10.1. The number of hydrogen-bond acceptors (Lipinski definition) is 5. The average molecular weight is 269 g/mol. The molecule has 0 bridgehead atoms. The molecule has 0 unspecified atom stereocenters. The zero-order chi connectivity index (χ0) is 13.4. The summed E-state index contributed by atoms with van der Waals surface area (Å²) in [6.07, 6.45) is 0.227. The highest BCUT2D eigenvalue weighted by molar-refractivity contribution is 7.12. The Hall–Kier alpha value is -1.69. The lowest BCUT2D eigenvalue weighted by Gasteiger charge is -2.04. The molecular weight excluding hydrogens is 254 g/mol. The first-order valence-electron chi connectivity index (χ1n) is 5.62. The van der Waals surface area contributed by atoms with E-state index >= 15 is 0 Å². The number of ketones is 1. The van der Waals surface area contributed by atoms with Crippen molar-refractivity contribution in [3.63, 3.8) is 0 Å². The van der Waals surface area contributed by atoms with Gasteiger partial charge in [0.2, 0.25) is 5.91 Å². The van der Waals surface area contributed by atoms with Crippen LogP contribution in [0, 0.1) is 0 Å². The second-order valence-corrected chi connectivity index (χ2v) is 4.43. The largest absolute Gasteiger partial charge is 0.465 e. The molecule has 1 aromatic heterocycles. The van der Waals surface area contributed by atoms with Crippen LogP contribution in [0.15, 0.2) is 17.5 Å². The van der Waals surface area contributed by atoms with E-state index in [1.165, 1.54) is 11.3 Å². The van der Waals surface area contributed by atoms with Gasteiger partial charge in [0, 0.05) is 12.8 Å². The Morgan fingerprint density at radius 2 is 2.11 bits per heavy atom. The third-order valence-corrected chi connectivity index (χ3v) is 3.02. The van der Waals surface area contributed by atoms with E-state index in [2.05, 4.69) is 10.1 Å². The zero-order valence-corrected chi connectivity index (χ0v) is 10.9. The Balaban J connectivity index is 2.21. The third-order valence-electron chi connectivity index (χ3n) is 2.11. The molecule has 1 heterocycles. The van der Waals surface area contributed by atoms with Crippen molar-refractivity contribution in [3.8, 4) is 0 Å². The summed E-state index contributed by atoms with van der Waals surface area (Å²) in [5.74, 6) is -0.861. The van der Waals surface area contributed by atoms with Crippen LogP contribution in [0.2, 0.25) is 0 Å². The summed E-state index contributed by atoms with van der Waals surface area (Å²) < 4.78 is 4.66. The van der Waals surface area contributed by atoms with Gasteiger partial charge in [-0.25, -0.2) is 0 Å². The molecule has 1 N–H and O–H groups in total. The van der Waals surface area contributed by atoms with Crippen LogP contribution in [0.1, 0.15) is 29.4 Å². The number of nitrogens with one attached hydrogen (secondary N) is 1. The van der Waals surface area contributed by atoms with Crippen molar-refractivity contribution in [2.24, 2.45) is 0 Å². The highest BCUT2D eigenvalue weighted by Crippen LogP contribution is 2.12. The van der Waals surface area contributed by atoms with Crippen molar-refractivity contribution in [1.29, 1.82) is 0 Å². The van der Waals surface area contributed by atoms with Crippen LogP contribution in [0.5, 0.6) is 0 Å². The van der Waals surface area contributed by atoms with E-state index in [-0.39, 0.29) is 37.7 Å². The molecule has 6 heteroatoms. The summed E-state index contributed by atoms with van der Waals surface area (Å²) in [4.78, 5) is 34.6. The first-order valence-corrected chi connectivity index (χ1v) is 6.50. The van der Waals surface area contributed by atoms with Gasteiger partial charge in [0.25, 0.3) is 0 Å². The Bertz CT molecular complexity index is 414. The summed E-state index contributed by atoms with van der Waals surface area (Å²) >= 11 is 1.35. The van der Waals surface area contributed by atoms with Gasteiger partial charge in [0.1, 0.15) is 6.54 Å². The molecule has 0 saturated carbocycles. The van der Waals surface area contributed by atoms with Crippen molar-refractivity contribution in [3.05, 3.63) is 22.4 Å². The molecule has 0 fully saturated rings. The maximum Gasteiger partial charge on any atom is 0.325 e. The SMILES string of the molecule is CCOC(=O)CNC(=O)CCC(=O)c1cccs1. The monoisotopic (exact) mass is 269 g/mol. The smallest absolute Gasteiger partial charge is 0.325 e. The quantitative estimate of drug-likeness (QED) is 0.599. The first-order chi connectivity index (χ1) is 8.63. The molecule has 0 spiro atoms. The number of amides is 1. The molecule has 0 aromatic carbocycles. The fourth-order valence-corrected chi connectivity index (χ4v) is 1.95. The highest BCUT2D eigenvalue weighted by atomic mass is 32.1. The van der Waals surface area contributed by atoms with Crippen LogP contribution < -0.4 is 5.32 Å². The molecule has 5 nitrogen and oxygen atoms in total. The number of hydrogen-bond donors (Lipinski definition) is 1. The maximum atomic E-state index is 11.6. The van der Waals surface area contributed by atoms with Crippen molar-refractivity contribution in [1.82, 2.24) is 5.32 Å². The van der Waals surface area contributed by atoms with Gasteiger partial charge in [-0.2, -0.15) is 0 Å². The topological polar surface area (TPSA) is 72.5 Å². The fraction of sp³-hybridized carbons (Fsp3) is 0.417. The van der Waals surface area contributed by atoms with Gasteiger partial charge in [0.15, 0.2) is 5.78 Å². The molecule has 0 radical (unpaired) electrons. The van der Waals surface area contributed by atoms with Gasteiger partial charge in [-0.05, 0) is 18.4 Å². The maximum absolute atomic E-state index is 11.6. The Morgan fingerprint density at radius 3 is 2.72 bits per heavy atom. The van der Waals surface area contributed by atoms with Crippen LogP contribution in [0.25, 0.3) is 0 Å². The molecule has 98 valence electrons. The number of thiophene rings is 1. The van der Waals surface area contributed by atoms with Crippen molar-refractivity contribution < 1.29 is 19.1 Å². The van der Waals surface area contributed by atoms with E-state index in [9.17, 15) is 14.4 Å². The predicted molar refractivity (Wildman–Crippen MR) is 67.5 cm³/mol. The van der Waals surface area contributed by atoms with Crippen LogP contribution in [0.4, 0.5) is 0 Å². The van der Waals surface area contributed by atoms with Gasteiger partial charge in [-0.1, -0.05) is 6.07 Å². The number of carbonyl (C=O) groups is 3. The van der Waals surface area contributed by atoms with E-state index in [0.29, 0.717) is 4.88 Å². The van der Waals surface area contributed by atoms with E-state index in [4.69, 9.17) is 0 Å². The molecule has 1 aromatic rings. The minimum atomic E-state index is -0.476. The summed E-state index contributed by atoms with van der Waals surface area (Å²) in [5.41, 5.74) is 0. The molecule has 0 aliphatic carbocycles. The van der Waals surface area contributed by atoms with Crippen LogP contribution in [0.3, 0.4) is 0 Å². The lowest BCUT2D eigenvalue weighted by atomic mass is 10.2. The lowest BCUT2D eigenvalue weighted by Crippen LogP contribution is -2.30. The van der Waals surface area contributed by atoms with Gasteiger partial charge < -0.3 is 10.1 Å². The van der Waals surface area contributed by atoms with E-state index < -0.39 is 5.97 Å². The van der Waals surface area contributed by atoms with Crippen LogP contribution in [-0.4, -0.2) is 30.8 Å².